The van der Waals surface area contributed by atoms with Gasteiger partial charge in [-0.3, -0.25) is 0 Å². The Balaban J connectivity index is 2.46. The molecule has 0 bridgehead atoms. The highest BCUT2D eigenvalue weighted by atomic mass is 16.7. The minimum atomic E-state index is -0.229. The van der Waals surface area contributed by atoms with Crippen LogP contribution in [0.15, 0.2) is 30.3 Å². The molecule has 0 heterocycles. The van der Waals surface area contributed by atoms with Gasteiger partial charge < -0.3 is 9.47 Å². The summed E-state index contributed by atoms with van der Waals surface area (Å²) < 4.78 is 10.8. The normalized spacial score (nSPS) is 12.5. The van der Waals surface area contributed by atoms with Crippen LogP contribution in [-0.2, 0) is 4.74 Å². The van der Waals surface area contributed by atoms with Crippen LogP contribution in [0.1, 0.15) is 13.3 Å². The molecule has 13 heavy (non-hydrogen) atoms. The Kier molecular flexibility index (Phi) is 4.33. The summed E-state index contributed by atoms with van der Waals surface area (Å²) in [6.07, 6.45) is 0.385. The van der Waals surface area contributed by atoms with Crippen molar-refractivity contribution in [2.24, 2.45) is 0 Å². The maximum Gasteiger partial charge on any atom is 0.199 e. The van der Waals surface area contributed by atoms with Crippen LogP contribution in [0.3, 0.4) is 0 Å². The summed E-state index contributed by atoms with van der Waals surface area (Å²) >= 11 is 0. The summed E-state index contributed by atoms with van der Waals surface area (Å²) in [5.41, 5.74) is 0. The van der Waals surface area contributed by atoms with E-state index in [0.29, 0.717) is 13.0 Å². The third-order valence-electron chi connectivity index (χ3n) is 1.60. The Morgan fingerprint density at radius 2 is 2.00 bits per heavy atom. The van der Waals surface area contributed by atoms with Gasteiger partial charge in [-0.2, -0.15) is 0 Å². The van der Waals surface area contributed by atoms with E-state index in [1.165, 1.54) is 0 Å². The Morgan fingerprint density at radius 3 is 2.54 bits per heavy atom. The highest BCUT2D eigenvalue weighted by Gasteiger charge is 2.05. The van der Waals surface area contributed by atoms with Gasteiger partial charge in [-0.15, -0.1) is 0 Å². The van der Waals surface area contributed by atoms with Crippen molar-refractivity contribution in [3.8, 4) is 5.75 Å². The van der Waals surface area contributed by atoms with Crippen molar-refractivity contribution in [2.75, 3.05) is 6.61 Å². The van der Waals surface area contributed by atoms with E-state index in [4.69, 9.17) is 9.47 Å². The molecule has 0 spiro atoms. The average Bonchev–Trinajstić information content (AvgIpc) is 2.19. The summed E-state index contributed by atoms with van der Waals surface area (Å²) in [4.78, 5) is 0. The minimum Gasteiger partial charge on any atom is -0.465 e. The highest BCUT2D eigenvalue weighted by molar-refractivity contribution is 5.20. The first-order valence-electron chi connectivity index (χ1n) is 4.49. The number of benzene rings is 1. The smallest absolute Gasteiger partial charge is 0.199 e. The number of hydrogen-bond donors (Lipinski definition) is 0. The number of hydrogen-bond acceptors (Lipinski definition) is 2. The van der Waals surface area contributed by atoms with Crippen molar-refractivity contribution < 1.29 is 9.47 Å². The molecule has 1 atom stereocenters. The molecule has 0 aliphatic heterocycles. The first kappa shape index (κ1) is 10.1. The molecule has 0 aliphatic carbocycles. The third-order valence-corrected chi connectivity index (χ3v) is 1.60. The van der Waals surface area contributed by atoms with Crippen molar-refractivity contribution >= 4 is 0 Å². The van der Waals surface area contributed by atoms with Gasteiger partial charge >= 0.3 is 0 Å². The van der Waals surface area contributed by atoms with Crippen molar-refractivity contribution in [1.82, 2.24) is 0 Å². The first-order valence-corrected chi connectivity index (χ1v) is 4.49. The van der Waals surface area contributed by atoms with Gasteiger partial charge in [-0.1, -0.05) is 18.2 Å². The van der Waals surface area contributed by atoms with Gasteiger partial charge in [0.2, 0.25) is 0 Å². The van der Waals surface area contributed by atoms with E-state index >= 15 is 0 Å². The van der Waals surface area contributed by atoms with E-state index in [1.807, 2.05) is 37.3 Å². The molecule has 0 aliphatic rings. The molecular formula is C11H15O2. The minimum absolute atomic E-state index is 0.229. The molecule has 0 saturated carbocycles. The lowest BCUT2D eigenvalue weighted by Crippen LogP contribution is -2.19. The van der Waals surface area contributed by atoms with E-state index in [9.17, 15) is 0 Å². The Hall–Kier alpha value is -1.02. The van der Waals surface area contributed by atoms with Gasteiger partial charge in [-0.25, -0.2) is 0 Å². The van der Waals surface area contributed by atoms with Gasteiger partial charge in [0.25, 0.3) is 0 Å². The van der Waals surface area contributed by atoms with Gasteiger partial charge in [-0.05, 0) is 26.0 Å². The lowest BCUT2D eigenvalue weighted by atomic mass is 10.3. The summed E-state index contributed by atoms with van der Waals surface area (Å²) in [6, 6.07) is 9.62. The van der Waals surface area contributed by atoms with Crippen LogP contribution >= 0.6 is 0 Å². The topological polar surface area (TPSA) is 18.5 Å². The van der Waals surface area contributed by atoms with E-state index in [1.54, 1.807) is 0 Å². The van der Waals surface area contributed by atoms with Gasteiger partial charge in [0.05, 0.1) is 0 Å². The molecule has 0 amide bonds. The maximum absolute atomic E-state index is 5.52. The van der Waals surface area contributed by atoms with Crippen molar-refractivity contribution in [1.29, 1.82) is 0 Å². The molecule has 1 aromatic carbocycles. The van der Waals surface area contributed by atoms with Crippen LogP contribution in [-0.4, -0.2) is 12.9 Å². The molecule has 2 nitrogen and oxygen atoms in total. The summed E-state index contributed by atoms with van der Waals surface area (Å²) in [7, 11) is 0. The fourth-order valence-electron chi connectivity index (χ4n) is 1.01. The molecular weight excluding hydrogens is 164 g/mol. The second-order valence-electron chi connectivity index (χ2n) is 2.60. The molecule has 0 fully saturated rings. The second kappa shape index (κ2) is 5.60. The maximum atomic E-state index is 5.52. The highest BCUT2D eigenvalue weighted by Crippen LogP contribution is 2.12. The molecule has 71 valence electrons. The van der Waals surface area contributed by atoms with Crippen LogP contribution in [0, 0.1) is 6.92 Å². The molecule has 0 N–H and O–H groups in total. The standard InChI is InChI=1S/C11H15O2/c1-3-11(12-4-2)13-10-8-6-5-7-9-10/h5-9,11H,1,3-4H2,2H3. The fraction of sp³-hybridized carbons (Fsp3) is 0.364. The first-order chi connectivity index (χ1) is 6.36. The molecule has 0 aromatic heterocycles. The SMILES string of the molecule is [CH2]CC(OCC)Oc1ccccc1. The van der Waals surface area contributed by atoms with E-state index < -0.39 is 0 Å². The predicted octanol–water partition coefficient (Wildman–Crippen LogP) is 2.65. The van der Waals surface area contributed by atoms with Crippen molar-refractivity contribution in [2.45, 2.75) is 19.6 Å². The van der Waals surface area contributed by atoms with Crippen molar-refractivity contribution in [3.63, 3.8) is 0 Å². The van der Waals surface area contributed by atoms with Crippen LogP contribution in [0.25, 0.3) is 0 Å². The number of rotatable bonds is 5. The van der Waals surface area contributed by atoms with E-state index in [0.717, 1.165) is 5.75 Å². The summed E-state index contributed by atoms with van der Waals surface area (Å²) in [5, 5.41) is 0. The zero-order chi connectivity index (χ0) is 9.52. The molecule has 1 aromatic rings. The summed E-state index contributed by atoms with van der Waals surface area (Å²) in [6.45, 7) is 6.34. The molecule has 1 radical (unpaired) electrons. The van der Waals surface area contributed by atoms with Gasteiger partial charge in [0, 0.05) is 13.0 Å². The number of para-hydroxylation sites is 1. The molecule has 0 saturated heterocycles. The molecule has 1 unspecified atom stereocenters. The lowest BCUT2D eigenvalue weighted by molar-refractivity contribution is -0.0727. The monoisotopic (exact) mass is 179 g/mol. The van der Waals surface area contributed by atoms with Crippen molar-refractivity contribution in [3.05, 3.63) is 37.3 Å². The fourth-order valence-corrected chi connectivity index (χ4v) is 1.01. The predicted molar refractivity (Wildman–Crippen MR) is 52.5 cm³/mol. The van der Waals surface area contributed by atoms with Crippen LogP contribution in [0.5, 0.6) is 5.75 Å². The molecule has 1 rings (SSSR count). The Labute approximate surface area is 79.5 Å². The zero-order valence-electron chi connectivity index (χ0n) is 7.90. The van der Waals surface area contributed by atoms with Crippen LogP contribution in [0.2, 0.25) is 0 Å². The Bertz CT molecular complexity index is 221. The largest absolute Gasteiger partial charge is 0.465 e. The average molecular weight is 179 g/mol. The molecule has 2 heteroatoms. The van der Waals surface area contributed by atoms with Crippen LogP contribution in [0.4, 0.5) is 0 Å². The lowest BCUT2D eigenvalue weighted by Gasteiger charge is -2.16. The summed E-state index contributed by atoms with van der Waals surface area (Å²) in [5.74, 6) is 0.824. The van der Waals surface area contributed by atoms with Gasteiger partial charge in [0.1, 0.15) is 5.75 Å². The second-order valence-corrected chi connectivity index (χ2v) is 2.60. The van der Waals surface area contributed by atoms with Gasteiger partial charge in [0.15, 0.2) is 6.29 Å². The van der Waals surface area contributed by atoms with E-state index in [-0.39, 0.29) is 6.29 Å². The number of ether oxygens (including phenoxy) is 2. The Morgan fingerprint density at radius 1 is 1.31 bits per heavy atom. The zero-order valence-corrected chi connectivity index (χ0v) is 7.90. The van der Waals surface area contributed by atoms with E-state index in [2.05, 4.69) is 6.92 Å². The quantitative estimate of drug-likeness (QED) is 0.647. The third kappa shape index (κ3) is 3.47. The van der Waals surface area contributed by atoms with Crippen LogP contribution < -0.4 is 4.74 Å².